The van der Waals surface area contributed by atoms with E-state index in [1.807, 2.05) is 0 Å². The van der Waals surface area contributed by atoms with E-state index in [0.29, 0.717) is 11.8 Å². The highest BCUT2D eigenvalue weighted by molar-refractivity contribution is 5.67. The Labute approximate surface area is 138 Å². The molecule has 23 heavy (non-hydrogen) atoms. The van der Waals surface area contributed by atoms with Crippen LogP contribution in [0.4, 0.5) is 13.6 Å². The minimum absolute atomic E-state index is 0.135. The molecule has 1 saturated carbocycles. The zero-order chi connectivity index (χ0) is 17.7. The average Bonchev–Trinajstić information content (AvgIpc) is 2.42. The van der Waals surface area contributed by atoms with E-state index in [1.165, 1.54) is 6.42 Å². The lowest BCUT2D eigenvalue weighted by molar-refractivity contribution is -0.00914. The van der Waals surface area contributed by atoms with Crippen LogP contribution in [0.1, 0.15) is 60.3 Å². The quantitative estimate of drug-likeness (QED) is 0.773. The van der Waals surface area contributed by atoms with Crippen molar-refractivity contribution in [3.05, 3.63) is 0 Å². The Hall–Kier alpha value is -0.910. The van der Waals surface area contributed by atoms with Gasteiger partial charge in [0.2, 0.25) is 0 Å². The third-order valence-corrected chi connectivity index (χ3v) is 4.19. The van der Waals surface area contributed by atoms with Crippen LogP contribution in [0.25, 0.3) is 0 Å². The van der Waals surface area contributed by atoms with E-state index in [0.717, 1.165) is 19.3 Å². The summed E-state index contributed by atoms with van der Waals surface area (Å²) in [5.41, 5.74) is -0.690. The number of ether oxygens (including phenoxy) is 1. The number of amides is 1. The summed E-state index contributed by atoms with van der Waals surface area (Å²) < 4.78 is 32.9. The summed E-state index contributed by atoms with van der Waals surface area (Å²) in [5.74, 6) is -2.06. The first-order valence-electron chi connectivity index (χ1n) is 8.58. The summed E-state index contributed by atoms with van der Waals surface area (Å²) in [6.45, 7) is 8.24. The third kappa shape index (κ3) is 7.95. The van der Waals surface area contributed by atoms with Crippen molar-refractivity contribution >= 4 is 6.09 Å². The molecule has 0 aromatic rings. The maximum Gasteiger partial charge on any atom is 0.407 e. The average molecular weight is 334 g/mol. The molecular weight excluding hydrogens is 302 g/mol. The minimum Gasteiger partial charge on any atom is -0.444 e. The van der Waals surface area contributed by atoms with Crippen LogP contribution < -0.4 is 10.6 Å². The Morgan fingerprint density at radius 1 is 1.17 bits per heavy atom. The summed E-state index contributed by atoms with van der Waals surface area (Å²) in [5, 5.41) is 5.17. The lowest BCUT2D eigenvalue weighted by Gasteiger charge is -2.36. The van der Waals surface area contributed by atoms with Gasteiger partial charge in [-0.05, 0) is 45.4 Å². The fourth-order valence-electron chi connectivity index (χ4n) is 3.07. The number of carbonyl (C=O) groups is 1. The van der Waals surface area contributed by atoms with Crippen LogP contribution in [-0.4, -0.2) is 36.7 Å². The zero-order valence-electron chi connectivity index (χ0n) is 15.0. The lowest BCUT2D eigenvalue weighted by Crippen LogP contribution is -2.49. The molecule has 0 aromatic heterocycles. The predicted octanol–water partition coefficient (Wildman–Crippen LogP) is 3.95. The second kappa shape index (κ2) is 8.27. The van der Waals surface area contributed by atoms with Crippen molar-refractivity contribution in [3.8, 4) is 0 Å². The van der Waals surface area contributed by atoms with Crippen molar-refractivity contribution in [1.29, 1.82) is 0 Å². The van der Waals surface area contributed by atoms with E-state index in [9.17, 15) is 13.6 Å². The van der Waals surface area contributed by atoms with Gasteiger partial charge in [-0.15, -0.1) is 0 Å². The van der Waals surface area contributed by atoms with Crippen LogP contribution in [-0.2, 0) is 4.74 Å². The fraction of sp³-hybridized carbons (Fsp3) is 0.941. The van der Waals surface area contributed by atoms with E-state index in [4.69, 9.17) is 4.74 Å². The molecule has 4 nitrogen and oxygen atoms in total. The monoisotopic (exact) mass is 334 g/mol. The first-order chi connectivity index (χ1) is 10.5. The molecule has 136 valence electrons. The lowest BCUT2D eigenvalue weighted by atomic mass is 9.78. The number of hydrogen-bond donors (Lipinski definition) is 2. The van der Waals surface area contributed by atoms with E-state index in [2.05, 4.69) is 24.5 Å². The molecular formula is C17H32F2N2O2. The van der Waals surface area contributed by atoms with Gasteiger partial charge in [-0.2, -0.15) is 0 Å². The Kier molecular flexibility index (Phi) is 7.24. The molecule has 2 unspecified atom stereocenters. The number of rotatable bonds is 6. The van der Waals surface area contributed by atoms with Crippen LogP contribution in [0, 0.1) is 11.8 Å². The normalized spacial score (nSPS) is 23.0. The molecule has 0 spiro atoms. The molecule has 2 atom stereocenters. The molecule has 6 heteroatoms. The second-order valence-corrected chi connectivity index (χ2v) is 7.89. The second-order valence-electron chi connectivity index (χ2n) is 7.89. The summed E-state index contributed by atoms with van der Waals surface area (Å²) in [6, 6.07) is 0.135. The molecule has 0 aliphatic heterocycles. The highest BCUT2D eigenvalue weighted by atomic mass is 19.3. The van der Waals surface area contributed by atoms with Gasteiger partial charge in [0, 0.05) is 6.04 Å². The maximum absolute atomic E-state index is 14.0. The Morgan fingerprint density at radius 2 is 1.78 bits per heavy atom. The van der Waals surface area contributed by atoms with Gasteiger partial charge in [-0.3, -0.25) is 0 Å². The SMILES string of the molecule is CC(C)C1CCCCC1NCC(F)(F)CNC(=O)OC(C)(C)C. The number of hydrogen-bond acceptors (Lipinski definition) is 3. The summed E-state index contributed by atoms with van der Waals surface area (Å²) >= 11 is 0. The van der Waals surface area contributed by atoms with Crippen LogP contribution >= 0.6 is 0 Å². The predicted molar refractivity (Wildman–Crippen MR) is 87.8 cm³/mol. The molecule has 0 radical (unpaired) electrons. The van der Waals surface area contributed by atoms with Gasteiger partial charge in [0.05, 0.1) is 13.1 Å². The molecule has 0 aromatic carbocycles. The number of nitrogens with one attached hydrogen (secondary N) is 2. The van der Waals surface area contributed by atoms with E-state index >= 15 is 0 Å². The summed E-state index contributed by atoms with van der Waals surface area (Å²) in [7, 11) is 0. The van der Waals surface area contributed by atoms with Crippen molar-refractivity contribution in [2.45, 2.75) is 77.9 Å². The topological polar surface area (TPSA) is 50.4 Å². The number of halogens is 2. The highest BCUT2D eigenvalue weighted by Crippen LogP contribution is 2.30. The maximum atomic E-state index is 14.0. The zero-order valence-corrected chi connectivity index (χ0v) is 15.0. The van der Waals surface area contributed by atoms with Gasteiger partial charge in [0.25, 0.3) is 5.92 Å². The van der Waals surface area contributed by atoms with Crippen molar-refractivity contribution in [2.75, 3.05) is 13.1 Å². The molecule has 1 fully saturated rings. The number of alkyl halides is 2. The van der Waals surface area contributed by atoms with Crippen LogP contribution in [0.15, 0.2) is 0 Å². The Bertz CT molecular complexity index is 381. The molecule has 1 rings (SSSR count). The van der Waals surface area contributed by atoms with Crippen molar-refractivity contribution in [3.63, 3.8) is 0 Å². The van der Waals surface area contributed by atoms with Crippen molar-refractivity contribution < 1.29 is 18.3 Å². The Morgan fingerprint density at radius 3 is 2.35 bits per heavy atom. The van der Waals surface area contributed by atoms with Crippen LogP contribution in [0.3, 0.4) is 0 Å². The van der Waals surface area contributed by atoms with Crippen LogP contribution in [0.2, 0.25) is 0 Å². The molecule has 0 saturated heterocycles. The molecule has 1 aliphatic rings. The summed E-state index contributed by atoms with van der Waals surface area (Å²) in [6.07, 6.45) is 3.49. The first kappa shape index (κ1) is 20.1. The largest absolute Gasteiger partial charge is 0.444 e. The van der Waals surface area contributed by atoms with E-state index < -0.39 is 30.7 Å². The van der Waals surface area contributed by atoms with Gasteiger partial charge in [-0.1, -0.05) is 26.7 Å². The number of alkyl carbamates (subject to hydrolysis) is 1. The van der Waals surface area contributed by atoms with Crippen LogP contribution in [0.5, 0.6) is 0 Å². The Balaban J connectivity index is 2.40. The van der Waals surface area contributed by atoms with Gasteiger partial charge in [0.15, 0.2) is 0 Å². The number of carbonyl (C=O) groups excluding carboxylic acids is 1. The van der Waals surface area contributed by atoms with Gasteiger partial charge in [-0.25, -0.2) is 13.6 Å². The minimum atomic E-state index is -2.99. The molecule has 1 amide bonds. The summed E-state index contributed by atoms with van der Waals surface area (Å²) in [4.78, 5) is 11.5. The first-order valence-corrected chi connectivity index (χ1v) is 8.58. The van der Waals surface area contributed by atoms with Crippen molar-refractivity contribution in [2.24, 2.45) is 11.8 Å². The van der Waals surface area contributed by atoms with E-state index in [1.54, 1.807) is 20.8 Å². The van der Waals surface area contributed by atoms with Gasteiger partial charge < -0.3 is 15.4 Å². The fourth-order valence-corrected chi connectivity index (χ4v) is 3.07. The molecule has 0 heterocycles. The molecule has 1 aliphatic carbocycles. The smallest absolute Gasteiger partial charge is 0.407 e. The molecule has 0 bridgehead atoms. The van der Waals surface area contributed by atoms with Crippen molar-refractivity contribution in [1.82, 2.24) is 10.6 Å². The third-order valence-electron chi connectivity index (χ3n) is 4.19. The standard InChI is InChI=1S/C17H32F2N2O2/c1-12(2)13-8-6-7-9-14(13)20-10-17(18,19)11-21-15(22)23-16(3,4)5/h12-14,20H,6-11H2,1-5H3,(H,21,22). The van der Waals surface area contributed by atoms with Gasteiger partial charge >= 0.3 is 6.09 Å². The highest BCUT2D eigenvalue weighted by Gasteiger charge is 2.34. The molecule has 2 N–H and O–H groups in total. The van der Waals surface area contributed by atoms with E-state index in [-0.39, 0.29) is 6.04 Å². The van der Waals surface area contributed by atoms with Gasteiger partial charge in [0.1, 0.15) is 5.60 Å².